The molecule has 1 aromatic carbocycles. The molecule has 80 valence electrons. The molecule has 16 heavy (non-hydrogen) atoms. The van der Waals surface area contributed by atoms with Gasteiger partial charge >= 0.3 is 7.48 Å². The van der Waals surface area contributed by atoms with Crippen molar-refractivity contribution in [3.63, 3.8) is 0 Å². The lowest BCUT2D eigenvalue weighted by Gasteiger charge is -2.13. The zero-order valence-corrected chi connectivity index (χ0v) is 8.85. The molecule has 3 nitrogen and oxygen atoms in total. The maximum absolute atomic E-state index is 13.2. The van der Waals surface area contributed by atoms with Crippen LogP contribution in [0.1, 0.15) is 18.6 Å². The summed E-state index contributed by atoms with van der Waals surface area (Å²) >= 11 is 0. The van der Waals surface area contributed by atoms with Crippen LogP contribution in [0.2, 0.25) is 0 Å². The summed E-state index contributed by atoms with van der Waals surface area (Å²) in [4.78, 5) is 0. The second-order valence-corrected chi connectivity index (χ2v) is 3.89. The molecule has 0 saturated heterocycles. The van der Waals surface area contributed by atoms with Crippen LogP contribution in [0.4, 0.5) is 4.39 Å². The van der Waals surface area contributed by atoms with Gasteiger partial charge in [0.05, 0.1) is 11.8 Å². The monoisotopic (exact) mass is 216 g/mol. The molecule has 0 radical (unpaired) electrons. The van der Waals surface area contributed by atoms with E-state index in [-0.39, 0.29) is 11.9 Å². The molecule has 0 spiro atoms. The molecule has 0 fully saturated rings. The molecule has 0 bridgehead atoms. The molecule has 1 aromatic heterocycles. The van der Waals surface area contributed by atoms with Crippen LogP contribution in [0.5, 0.6) is 0 Å². The van der Waals surface area contributed by atoms with Crippen molar-refractivity contribution in [3.05, 3.63) is 41.8 Å². The number of rotatable bonds is 0. The zero-order valence-electron chi connectivity index (χ0n) is 8.85. The number of aromatic nitrogens is 2. The number of halogens is 1. The summed E-state index contributed by atoms with van der Waals surface area (Å²) in [5, 5.41) is 4.24. The van der Waals surface area contributed by atoms with Gasteiger partial charge in [0, 0.05) is 17.4 Å². The van der Waals surface area contributed by atoms with Gasteiger partial charge in [-0.3, -0.25) is 0 Å². The molecular weight excluding hydrogens is 206 g/mol. The Morgan fingerprint density at radius 2 is 2.31 bits per heavy atom. The molecule has 1 aliphatic heterocycles. The van der Waals surface area contributed by atoms with Crippen LogP contribution in [0, 0.1) is 5.82 Å². The number of benzene rings is 1. The minimum Gasteiger partial charge on any atom is -0.426 e. The third-order valence-corrected chi connectivity index (χ3v) is 2.86. The molecule has 0 saturated carbocycles. The first-order valence-corrected chi connectivity index (χ1v) is 5.20. The Labute approximate surface area is 93.1 Å². The Balaban J connectivity index is 2.27. The van der Waals surface area contributed by atoms with Crippen LogP contribution >= 0.6 is 0 Å². The average molecular weight is 216 g/mol. The van der Waals surface area contributed by atoms with Crippen LogP contribution in [0.3, 0.4) is 0 Å². The molecule has 2 aromatic rings. The lowest BCUT2D eigenvalue weighted by molar-refractivity contribution is 0.245. The van der Waals surface area contributed by atoms with E-state index in [1.54, 1.807) is 16.9 Å². The van der Waals surface area contributed by atoms with E-state index in [1.165, 1.54) is 12.1 Å². The molecule has 0 unspecified atom stereocenters. The largest absolute Gasteiger partial charge is 0.426 e. The maximum atomic E-state index is 13.2. The Bertz CT molecular complexity index is 541. The van der Waals surface area contributed by atoms with E-state index in [4.69, 9.17) is 4.65 Å². The number of hydrogen-bond acceptors (Lipinski definition) is 2. The van der Waals surface area contributed by atoms with E-state index in [0.29, 0.717) is 7.48 Å². The lowest BCUT2D eigenvalue weighted by Crippen LogP contribution is -2.23. The zero-order chi connectivity index (χ0) is 11.1. The molecule has 5 heteroatoms. The summed E-state index contributed by atoms with van der Waals surface area (Å²) < 4.78 is 20.7. The summed E-state index contributed by atoms with van der Waals surface area (Å²) in [7, 11) is 0.497. The SMILES string of the molecule is C[C@H]1OBc2ccnn2-c2ccc(F)cc21. The second kappa shape index (κ2) is 3.45. The van der Waals surface area contributed by atoms with Gasteiger partial charge in [-0.1, -0.05) is 0 Å². The molecule has 0 amide bonds. The van der Waals surface area contributed by atoms with Crippen LogP contribution in [0.15, 0.2) is 30.5 Å². The average Bonchev–Trinajstić information content (AvgIpc) is 2.69. The highest BCUT2D eigenvalue weighted by molar-refractivity contribution is 6.46. The predicted octanol–water partition coefficient (Wildman–Crippen LogP) is 1.08. The van der Waals surface area contributed by atoms with E-state index in [2.05, 4.69) is 5.10 Å². The Morgan fingerprint density at radius 3 is 3.19 bits per heavy atom. The first-order chi connectivity index (χ1) is 7.75. The minimum absolute atomic E-state index is 0.118. The van der Waals surface area contributed by atoms with Crippen molar-refractivity contribution in [2.24, 2.45) is 0 Å². The van der Waals surface area contributed by atoms with Gasteiger partial charge in [-0.25, -0.2) is 9.07 Å². The van der Waals surface area contributed by atoms with E-state index in [0.717, 1.165) is 16.8 Å². The topological polar surface area (TPSA) is 27.1 Å². The third-order valence-electron chi connectivity index (χ3n) is 2.86. The van der Waals surface area contributed by atoms with E-state index in [9.17, 15) is 4.39 Å². The standard InChI is InChI=1S/C11H10BFN2O/c1-7-9-6-8(13)2-3-10(9)15-11(12-16-7)4-5-14-15/h2-7,12H,1H3/t7-/m1/s1. The quantitative estimate of drug-likeness (QED) is 0.616. The maximum Gasteiger partial charge on any atom is 0.329 e. The first kappa shape index (κ1) is 9.60. The Kier molecular flexibility index (Phi) is 2.07. The van der Waals surface area contributed by atoms with Crippen LogP contribution in [-0.2, 0) is 4.65 Å². The van der Waals surface area contributed by atoms with Crippen LogP contribution in [-0.4, -0.2) is 17.3 Å². The molecular formula is C11H10BFN2O. The Morgan fingerprint density at radius 1 is 1.44 bits per heavy atom. The summed E-state index contributed by atoms with van der Waals surface area (Å²) in [6.07, 6.45) is 1.61. The summed E-state index contributed by atoms with van der Waals surface area (Å²) in [5.74, 6) is -0.246. The third kappa shape index (κ3) is 1.36. The smallest absolute Gasteiger partial charge is 0.329 e. The van der Waals surface area contributed by atoms with Crippen molar-refractivity contribution in [1.82, 2.24) is 9.78 Å². The van der Waals surface area contributed by atoms with Crippen molar-refractivity contribution >= 4 is 13.1 Å². The number of fused-ring (bicyclic) bond motifs is 3. The van der Waals surface area contributed by atoms with Crippen molar-refractivity contribution in [3.8, 4) is 5.69 Å². The van der Waals surface area contributed by atoms with Gasteiger partial charge in [-0.15, -0.1) is 0 Å². The van der Waals surface area contributed by atoms with Gasteiger partial charge < -0.3 is 4.65 Å². The van der Waals surface area contributed by atoms with Crippen molar-refractivity contribution in [2.75, 3.05) is 0 Å². The number of hydrogen-bond donors (Lipinski definition) is 0. The lowest BCUT2D eigenvalue weighted by atomic mass is 9.95. The minimum atomic E-state index is -0.246. The molecule has 1 atom stereocenters. The van der Waals surface area contributed by atoms with Gasteiger partial charge in [0.25, 0.3) is 0 Å². The van der Waals surface area contributed by atoms with Gasteiger partial charge in [0.15, 0.2) is 0 Å². The molecule has 0 aliphatic carbocycles. The van der Waals surface area contributed by atoms with Crippen molar-refractivity contribution < 1.29 is 9.04 Å². The predicted molar refractivity (Wildman–Crippen MR) is 59.8 cm³/mol. The normalized spacial score (nSPS) is 18.2. The van der Waals surface area contributed by atoms with Gasteiger partial charge in [-0.05, 0) is 31.2 Å². The highest BCUT2D eigenvalue weighted by atomic mass is 19.1. The summed E-state index contributed by atoms with van der Waals surface area (Å²) in [6.45, 7) is 1.92. The van der Waals surface area contributed by atoms with Crippen LogP contribution in [0.25, 0.3) is 5.69 Å². The Hall–Kier alpha value is -1.62. The number of nitrogens with zero attached hydrogens (tertiary/aromatic N) is 2. The summed E-state index contributed by atoms with van der Waals surface area (Å²) in [6, 6.07) is 6.61. The van der Waals surface area contributed by atoms with Gasteiger partial charge in [0.1, 0.15) is 5.82 Å². The fraction of sp³-hybridized carbons (Fsp3) is 0.182. The highest BCUT2D eigenvalue weighted by Gasteiger charge is 2.21. The first-order valence-electron chi connectivity index (χ1n) is 5.20. The highest BCUT2D eigenvalue weighted by Crippen LogP contribution is 2.26. The van der Waals surface area contributed by atoms with Crippen molar-refractivity contribution in [2.45, 2.75) is 13.0 Å². The van der Waals surface area contributed by atoms with Crippen LogP contribution < -0.4 is 5.59 Å². The summed E-state index contributed by atoms with van der Waals surface area (Å²) in [5.41, 5.74) is 2.71. The molecule has 0 N–H and O–H groups in total. The molecule has 1 aliphatic rings. The van der Waals surface area contributed by atoms with Gasteiger partial charge in [-0.2, -0.15) is 5.10 Å². The van der Waals surface area contributed by atoms with Gasteiger partial charge in [0.2, 0.25) is 0 Å². The van der Waals surface area contributed by atoms with Crippen molar-refractivity contribution in [1.29, 1.82) is 0 Å². The molecule has 3 rings (SSSR count). The second-order valence-electron chi connectivity index (χ2n) is 3.89. The van der Waals surface area contributed by atoms with E-state index in [1.807, 2.05) is 13.0 Å². The molecule has 2 heterocycles. The van der Waals surface area contributed by atoms with E-state index < -0.39 is 0 Å². The van der Waals surface area contributed by atoms with E-state index >= 15 is 0 Å². The fourth-order valence-corrected chi connectivity index (χ4v) is 2.00. The fourth-order valence-electron chi connectivity index (χ4n) is 2.00.